The van der Waals surface area contributed by atoms with Gasteiger partial charge in [0.15, 0.2) is 11.3 Å². The molecular weight excluding hydrogens is 394 g/mol. The zero-order valence-electron chi connectivity index (χ0n) is 17.7. The number of amides is 1. The molecule has 0 aliphatic carbocycles. The molecule has 1 saturated heterocycles. The standard InChI is InChI=1S/C22H25N7O2/c1-3-28-16(2)18(14-24-28)20-6-7-23-21-13-19(25-29(20)21)22(30)27-10-8-26(9-11-27)15-17-5-4-12-31-17/h4-7,12-14H,3,8-11,15H2,1-2H3. The van der Waals surface area contributed by atoms with Crippen LogP contribution < -0.4 is 0 Å². The smallest absolute Gasteiger partial charge is 0.274 e. The fourth-order valence-electron chi connectivity index (χ4n) is 4.11. The number of aryl methyl sites for hydroxylation is 1. The van der Waals surface area contributed by atoms with Crippen LogP contribution in [0.15, 0.2) is 47.3 Å². The van der Waals surface area contributed by atoms with Gasteiger partial charge in [0.05, 0.1) is 24.7 Å². The molecule has 4 aromatic rings. The quantitative estimate of drug-likeness (QED) is 0.494. The highest BCUT2D eigenvalue weighted by molar-refractivity contribution is 5.93. The third-order valence-electron chi connectivity index (χ3n) is 5.87. The van der Waals surface area contributed by atoms with Crippen molar-refractivity contribution >= 4 is 11.6 Å². The van der Waals surface area contributed by atoms with Crippen molar-refractivity contribution in [1.29, 1.82) is 0 Å². The maximum Gasteiger partial charge on any atom is 0.274 e. The number of hydrogen-bond donors (Lipinski definition) is 0. The molecule has 4 aromatic heterocycles. The average Bonchev–Trinajstić information content (AvgIpc) is 3.53. The molecule has 0 radical (unpaired) electrons. The van der Waals surface area contributed by atoms with E-state index in [1.54, 1.807) is 23.0 Å². The van der Waals surface area contributed by atoms with Crippen LogP contribution in [0.2, 0.25) is 0 Å². The molecule has 1 fully saturated rings. The van der Waals surface area contributed by atoms with Crippen LogP contribution in [0.1, 0.15) is 28.9 Å². The molecule has 1 amide bonds. The third kappa shape index (κ3) is 3.61. The minimum absolute atomic E-state index is 0.0601. The topological polar surface area (TPSA) is 84.7 Å². The lowest BCUT2D eigenvalue weighted by Gasteiger charge is -2.33. The molecule has 0 bridgehead atoms. The van der Waals surface area contributed by atoms with Crippen molar-refractivity contribution in [2.45, 2.75) is 26.9 Å². The Balaban J connectivity index is 1.35. The number of nitrogens with zero attached hydrogens (tertiary/aromatic N) is 7. The van der Waals surface area contributed by atoms with Gasteiger partial charge < -0.3 is 9.32 Å². The molecule has 160 valence electrons. The molecular formula is C22H25N7O2. The zero-order chi connectivity index (χ0) is 21.4. The summed E-state index contributed by atoms with van der Waals surface area (Å²) in [5.74, 6) is 0.885. The summed E-state index contributed by atoms with van der Waals surface area (Å²) in [5.41, 5.74) is 4.00. The predicted molar refractivity (Wildman–Crippen MR) is 115 cm³/mol. The summed E-state index contributed by atoms with van der Waals surface area (Å²) in [7, 11) is 0. The minimum atomic E-state index is -0.0601. The summed E-state index contributed by atoms with van der Waals surface area (Å²) >= 11 is 0. The molecule has 1 aliphatic rings. The molecule has 0 spiro atoms. The van der Waals surface area contributed by atoms with Gasteiger partial charge in [-0.05, 0) is 32.0 Å². The normalized spacial score (nSPS) is 15.1. The van der Waals surface area contributed by atoms with Crippen molar-refractivity contribution in [2.24, 2.45) is 0 Å². The van der Waals surface area contributed by atoms with Crippen molar-refractivity contribution in [2.75, 3.05) is 26.2 Å². The fraction of sp³-hybridized carbons (Fsp3) is 0.364. The molecule has 5 heterocycles. The summed E-state index contributed by atoms with van der Waals surface area (Å²) in [6.45, 7) is 8.60. The van der Waals surface area contributed by atoms with E-state index >= 15 is 0 Å². The average molecular weight is 419 g/mol. The Bertz CT molecular complexity index is 1200. The number of rotatable bonds is 5. The Labute approximate surface area is 179 Å². The first-order valence-electron chi connectivity index (χ1n) is 10.6. The maximum absolute atomic E-state index is 13.1. The van der Waals surface area contributed by atoms with E-state index in [0.717, 1.165) is 48.9 Å². The predicted octanol–water partition coefficient (Wildman–Crippen LogP) is 2.47. The number of carbonyl (C=O) groups excluding carboxylic acids is 1. The lowest BCUT2D eigenvalue weighted by Crippen LogP contribution is -2.48. The number of piperazine rings is 1. The van der Waals surface area contributed by atoms with Gasteiger partial charge in [-0.15, -0.1) is 0 Å². The van der Waals surface area contributed by atoms with Crippen molar-refractivity contribution in [3.63, 3.8) is 0 Å². The van der Waals surface area contributed by atoms with Gasteiger partial charge in [-0.2, -0.15) is 10.2 Å². The highest BCUT2D eigenvalue weighted by atomic mass is 16.3. The SMILES string of the molecule is CCn1ncc(-c2ccnc3cc(C(=O)N4CCN(Cc5ccco5)CC4)nn23)c1C. The van der Waals surface area contributed by atoms with E-state index in [-0.39, 0.29) is 5.91 Å². The van der Waals surface area contributed by atoms with Gasteiger partial charge in [-0.1, -0.05) is 0 Å². The Morgan fingerprint density at radius 2 is 2.03 bits per heavy atom. The van der Waals surface area contributed by atoms with Crippen LogP contribution in [-0.2, 0) is 13.1 Å². The maximum atomic E-state index is 13.1. The van der Waals surface area contributed by atoms with Crippen LogP contribution in [0.4, 0.5) is 0 Å². The van der Waals surface area contributed by atoms with Crippen molar-refractivity contribution in [3.8, 4) is 11.3 Å². The second-order valence-corrected chi connectivity index (χ2v) is 7.74. The summed E-state index contributed by atoms with van der Waals surface area (Å²) in [4.78, 5) is 21.7. The van der Waals surface area contributed by atoms with Crippen LogP contribution in [0.3, 0.4) is 0 Å². The van der Waals surface area contributed by atoms with Gasteiger partial charge in [0.1, 0.15) is 5.76 Å². The molecule has 0 unspecified atom stereocenters. The van der Waals surface area contributed by atoms with E-state index in [0.29, 0.717) is 24.4 Å². The van der Waals surface area contributed by atoms with Crippen LogP contribution in [0.25, 0.3) is 16.9 Å². The number of carbonyl (C=O) groups is 1. The van der Waals surface area contributed by atoms with Gasteiger partial charge in [-0.3, -0.25) is 14.4 Å². The van der Waals surface area contributed by atoms with E-state index in [9.17, 15) is 4.79 Å². The third-order valence-corrected chi connectivity index (χ3v) is 5.87. The van der Waals surface area contributed by atoms with Gasteiger partial charge in [0.2, 0.25) is 0 Å². The van der Waals surface area contributed by atoms with Crippen LogP contribution in [0, 0.1) is 6.92 Å². The van der Waals surface area contributed by atoms with Crippen molar-refractivity contribution < 1.29 is 9.21 Å². The Hall–Kier alpha value is -3.46. The zero-order valence-corrected chi connectivity index (χ0v) is 17.7. The molecule has 5 rings (SSSR count). The Morgan fingerprint density at radius 1 is 1.19 bits per heavy atom. The number of fused-ring (bicyclic) bond motifs is 1. The van der Waals surface area contributed by atoms with Gasteiger partial charge in [-0.25, -0.2) is 9.50 Å². The van der Waals surface area contributed by atoms with E-state index < -0.39 is 0 Å². The Kier molecular flexibility index (Phi) is 5.03. The second kappa shape index (κ2) is 7.99. The van der Waals surface area contributed by atoms with E-state index in [1.165, 1.54) is 0 Å². The van der Waals surface area contributed by atoms with Crippen LogP contribution in [-0.4, -0.2) is 66.3 Å². The summed E-state index contributed by atoms with van der Waals surface area (Å²) in [6.07, 6.45) is 5.28. The number of furan rings is 1. The molecule has 1 aliphatic heterocycles. The molecule has 31 heavy (non-hydrogen) atoms. The molecule has 0 N–H and O–H groups in total. The highest BCUT2D eigenvalue weighted by Crippen LogP contribution is 2.24. The first kappa shape index (κ1) is 19.5. The minimum Gasteiger partial charge on any atom is -0.468 e. The molecule has 0 atom stereocenters. The number of aromatic nitrogens is 5. The van der Waals surface area contributed by atoms with Crippen LogP contribution in [0.5, 0.6) is 0 Å². The summed E-state index contributed by atoms with van der Waals surface area (Å²) in [5, 5.41) is 9.05. The van der Waals surface area contributed by atoms with Crippen molar-refractivity contribution in [1.82, 2.24) is 34.2 Å². The van der Waals surface area contributed by atoms with E-state index in [2.05, 4.69) is 27.0 Å². The van der Waals surface area contributed by atoms with Crippen molar-refractivity contribution in [3.05, 3.63) is 60.1 Å². The van der Waals surface area contributed by atoms with E-state index in [4.69, 9.17) is 4.42 Å². The lowest BCUT2D eigenvalue weighted by molar-refractivity contribution is 0.0614. The molecule has 9 nitrogen and oxygen atoms in total. The first-order chi connectivity index (χ1) is 15.1. The van der Waals surface area contributed by atoms with E-state index in [1.807, 2.05) is 40.9 Å². The number of hydrogen-bond acceptors (Lipinski definition) is 6. The monoisotopic (exact) mass is 419 g/mol. The molecule has 0 aromatic carbocycles. The van der Waals surface area contributed by atoms with Gasteiger partial charge in [0, 0.05) is 56.2 Å². The molecule has 0 saturated carbocycles. The van der Waals surface area contributed by atoms with Crippen LogP contribution >= 0.6 is 0 Å². The summed E-state index contributed by atoms with van der Waals surface area (Å²) in [6, 6.07) is 7.55. The lowest BCUT2D eigenvalue weighted by atomic mass is 10.2. The van der Waals surface area contributed by atoms with Gasteiger partial charge >= 0.3 is 0 Å². The molecule has 9 heteroatoms. The Morgan fingerprint density at radius 3 is 2.74 bits per heavy atom. The second-order valence-electron chi connectivity index (χ2n) is 7.74. The fourth-order valence-corrected chi connectivity index (χ4v) is 4.11. The highest BCUT2D eigenvalue weighted by Gasteiger charge is 2.25. The van der Waals surface area contributed by atoms with Gasteiger partial charge in [0.25, 0.3) is 5.91 Å². The largest absolute Gasteiger partial charge is 0.468 e. The summed E-state index contributed by atoms with van der Waals surface area (Å²) < 4.78 is 9.11. The first-order valence-corrected chi connectivity index (χ1v) is 10.6.